The molecule has 3 heteroatoms. The van der Waals surface area contributed by atoms with E-state index in [1.54, 1.807) is 12.1 Å². The molecule has 3 nitrogen and oxygen atoms in total. The lowest BCUT2D eigenvalue weighted by atomic mass is 9.89. The lowest BCUT2D eigenvalue weighted by Gasteiger charge is -2.16. The van der Waals surface area contributed by atoms with Gasteiger partial charge in [0.25, 0.3) is 0 Å². The van der Waals surface area contributed by atoms with Crippen molar-refractivity contribution in [1.82, 2.24) is 0 Å². The highest BCUT2D eigenvalue weighted by atomic mass is 16.4. The number of aliphatic carboxylic acids is 1. The quantitative estimate of drug-likeness (QED) is 0.764. The van der Waals surface area contributed by atoms with Crippen molar-refractivity contribution in [3.8, 4) is 16.9 Å². The summed E-state index contributed by atoms with van der Waals surface area (Å²) in [7, 11) is 0. The van der Waals surface area contributed by atoms with Crippen LogP contribution in [0.1, 0.15) is 49.8 Å². The number of phenolic OH excluding ortho intramolecular Hbond substituents is 1. The van der Waals surface area contributed by atoms with E-state index in [0.29, 0.717) is 6.42 Å². The average Bonchev–Trinajstić information content (AvgIpc) is 2.52. The van der Waals surface area contributed by atoms with Gasteiger partial charge in [0.1, 0.15) is 5.75 Å². The lowest BCUT2D eigenvalue weighted by Crippen LogP contribution is -2.01. The molecule has 2 aromatic rings. The second-order valence-corrected chi connectivity index (χ2v) is 6.47. The summed E-state index contributed by atoms with van der Waals surface area (Å²) in [5.74, 6) is -0.275. The van der Waals surface area contributed by atoms with E-state index in [1.165, 1.54) is 0 Å². The Balaban J connectivity index is 2.54. The molecule has 0 unspecified atom stereocenters. The number of benzene rings is 2. The first kappa shape index (κ1) is 17.8. The number of carboxylic acids is 1. The lowest BCUT2D eigenvalue weighted by molar-refractivity contribution is -0.136. The van der Waals surface area contributed by atoms with Gasteiger partial charge in [-0.15, -0.1) is 0 Å². The van der Waals surface area contributed by atoms with Crippen molar-refractivity contribution in [1.29, 1.82) is 0 Å². The molecule has 0 heterocycles. The third-order valence-corrected chi connectivity index (χ3v) is 4.14. The Morgan fingerprint density at radius 2 is 1.88 bits per heavy atom. The molecule has 24 heavy (non-hydrogen) atoms. The first-order chi connectivity index (χ1) is 11.3. The summed E-state index contributed by atoms with van der Waals surface area (Å²) in [5, 5.41) is 18.8. The molecule has 2 aromatic carbocycles. The van der Waals surface area contributed by atoms with Crippen LogP contribution < -0.4 is 0 Å². The van der Waals surface area contributed by atoms with Crippen LogP contribution in [0.5, 0.6) is 5.75 Å². The third-order valence-electron chi connectivity index (χ3n) is 4.14. The number of aryl methyl sites for hydroxylation is 1. The second-order valence-electron chi connectivity index (χ2n) is 6.47. The van der Waals surface area contributed by atoms with Gasteiger partial charge in [0.15, 0.2) is 0 Å². The molecular formula is C21H24O3. The first-order valence-electron chi connectivity index (χ1n) is 8.13. The summed E-state index contributed by atoms with van der Waals surface area (Å²) in [6.07, 6.45) is 0.566. The minimum Gasteiger partial charge on any atom is -0.508 e. The number of carboxylic acid groups (broad SMARTS) is 1. The van der Waals surface area contributed by atoms with Crippen molar-refractivity contribution in [2.24, 2.45) is 0 Å². The van der Waals surface area contributed by atoms with Crippen LogP contribution in [-0.2, 0) is 11.2 Å². The highest BCUT2D eigenvalue weighted by Crippen LogP contribution is 2.34. The molecule has 0 bridgehead atoms. The fraction of sp³-hybridized carbons (Fsp3) is 0.286. The Kier molecular flexibility index (Phi) is 5.45. The summed E-state index contributed by atoms with van der Waals surface area (Å²) in [4.78, 5) is 10.9. The Labute approximate surface area is 143 Å². The Bertz CT molecular complexity index is 773. The van der Waals surface area contributed by atoms with Crippen LogP contribution >= 0.6 is 0 Å². The Morgan fingerprint density at radius 3 is 2.46 bits per heavy atom. The van der Waals surface area contributed by atoms with Gasteiger partial charge < -0.3 is 10.2 Å². The zero-order valence-electron chi connectivity index (χ0n) is 14.5. The number of allylic oxidation sites excluding steroid dienone is 1. The molecule has 0 aliphatic rings. The summed E-state index contributed by atoms with van der Waals surface area (Å²) in [6, 6.07) is 11.5. The number of carbonyl (C=O) groups is 1. The van der Waals surface area contributed by atoms with E-state index in [9.17, 15) is 9.90 Å². The maximum Gasteiger partial charge on any atom is 0.303 e. The Morgan fingerprint density at radius 1 is 1.17 bits per heavy atom. The van der Waals surface area contributed by atoms with Crippen LogP contribution in [0.25, 0.3) is 16.7 Å². The van der Waals surface area contributed by atoms with Crippen molar-refractivity contribution < 1.29 is 15.0 Å². The predicted molar refractivity (Wildman–Crippen MR) is 98.3 cm³/mol. The number of rotatable bonds is 6. The fourth-order valence-electron chi connectivity index (χ4n) is 2.92. The summed E-state index contributed by atoms with van der Waals surface area (Å²) in [6.45, 7) is 10.1. The van der Waals surface area contributed by atoms with Gasteiger partial charge in [0.2, 0.25) is 0 Å². The largest absolute Gasteiger partial charge is 0.508 e. The summed E-state index contributed by atoms with van der Waals surface area (Å²) >= 11 is 0. The summed E-state index contributed by atoms with van der Waals surface area (Å²) < 4.78 is 0. The monoisotopic (exact) mass is 324 g/mol. The van der Waals surface area contributed by atoms with E-state index in [-0.39, 0.29) is 18.1 Å². The molecule has 0 fully saturated rings. The van der Waals surface area contributed by atoms with Gasteiger partial charge in [-0.05, 0) is 59.2 Å². The van der Waals surface area contributed by atoms with Crippen molar-refractivity contribution in [3.63, 3.8) is 0 Å². The molecule has 0 aliphatic carbocycles. The molecule has 0 aliphatic heterocycles. The summed E-state index contributed by atoms with van der Waals surface area (Å²) in [5.41, 5.74) is 6.09. The normalized spacial score (nSPS) is 10.8. The molecule has 0 aromatic heterocycles. The SMILES string of the molecule is C=C(C)c1ccc(-c2ccc(O)cc2C(C)C)cc1CCC(=O)O. The molecular weight excluding hydrogens is 300 g/mol. The minimum atomic E-state index is -0.805. The molecule has 0 spiro atoms. The standard InChI is InChI=1S/C21H24O3/c1-13(2)18-8-5-16(11-15(18)6-10-21(23)24)19-9-7-17(22)12-20(19)14(3)4/h5,7-9,11-12,14,22H,1,6,10H2,2-4H3,(H,23,24). The topological polar surface area (TPSA) is 57.5 Å². The third kappa shape index (κ3) is 4.05. The molecule has 126 valence electrons. The van der Waals surface area contributed by atoms with Crippen molar-refractivity contribution in [2.45, 2.75) is 39.5 Å². The van der Waals surface area contributed by atoms with Crippen LogP contribution in [0.4, 0.5) is 0 Å². The predicted octanol–water partition coefficient (Wildman–Crippen LogP) is 5.23. The van der Waals surface area contributed by atoms with E-state index < -0.39 is 5.97 Å². The zero-order chi connectivity index (χ0) is 17.9. The van der Waals surface area contributed by atoms with Gasteiger partial charge in [0.05, 0.1) is 0 Å². The van der Waals surface area contributed by atoms with Gasteiger partial charge in [0, 0.05) is 6.42 Å². The van der Waals surface area contributed by atoms with Crippen molar-refractivity contribution >= 4 is 11.5 Å². The number of aromatic hydroxyl groups is 1. The van der Waals surface area contributed by atoms with Gasteiger partial charge >= 0.3 is 5.97 Å². The van der Waals surface area contributed by atoms with Crippen LogP contribution in [0.2, 0.25) is 0 Å². The van der Waals surface area contributed by atoms with Gasteiger partial charge in [-0.3, -0.25) is 4.79 Å². The second kappa shape index (κ2) is 7.35. The number of hydrogen-bond acceptors (Lipinski definition) is 2. The Hall–Kier alpha value is -2.55. The van der Waals surface area contributed by atoms with Gasteiger partial charge in [-0.2, -0.15) is 0 Å². The first-order valence-corrected chi connectivity index (χ1v) is 8.13. The van der Waals surface area contributed by atoms with E-state index in [1.807, 2.05) is 31.2 Å². The fourth-order valence-corrected chi connectivity index (χ4v) is 2.92. The average molecular weight is 324 g/mol. The smallest absolute Gasteiger partial charge is 0.303 e. The maximum atomic E-state index is 10.9. The van der Waals surface area contributed by atoms with E-state index in [4.69, 9.17) is 5.11 Å². The highest BCUT2D eigenvalue weighted by Gasteiger charge is 2.13. The number of phenols is 1. The van der Waals surface area contributed by atoms with Crippen LogP contribution in [-0.4, -0.2) is 16.2 Å². The van der Waals surface area contributed by atoms with E-state index >= 15 is 0 Å². The van der Waals surface area contributed by atoms with Crippen LogP contribution in [0.3, 0.4) is 0 Å². The molecule has 0 saturated carbocycles. The zero-order valence-corrected chi connectivity index (χ0v) is 14.5. The van der Waals surface area contributed by atoms with Gasteiger partial charge in [-0.1, -0.05) is 50.3 Å². The number of hydrogen-bond donors (Lipinski definition) is 2. The van der Waals surface area contributed by atoms with Crippen LogP contribution in [0.15, 0.2) is 43.0 Å². The maximum absolute atomic E-state index is 10.9. The molecule has 0 amide bonds. The molecule has 0 radical (unpaired) electrons. The van der Waals surface area contributed by atoms with Crippen LogP contribution in [0, 0.1) is 0 Å². The van der Waals surface area contributed by atoms with E-state index in [2.05, 4.69) is 20.4 Å². The van der Waals surface area contributed by atoms with E-state index in [0.717, 1.165) is 33.4 Å². The van der Waals surface area contributed by atoms with Crippen molar-refractivity contribution in [3.05, 3.63) is 59.7 Å². The minimum absolute atomic E-state index is 0.0936. The molecule has 2 rings (SSSR count). The molecule has 0 atom stereocenters. The molecule has 2 N–H and O–H groups in total. The highest BCUT2D eigenvalue weighted by molar-refractivity contribution is 5.75. The van der Waals surface area contributed by atoms with Crippen molar-refractivity contribution in [2.75, 3.05) is 0 Å². The molecule has 0 saturated heterocycles. The van der Waals surface area contributed by atoms with Gasteiger partial charge in [-0.25, -0.2) is 0 Å².